The zero-order valence-electron chi connectivity index (χ0n) is 23.0. The van der Waals surface area contributed by atoms with Gasteiger partial charge in [-0.05, 0) is 24.3 Å². The Morgan fingerprint density at radius 3 is 1.73 bits per heavy atom. The van der Waals surface area contributed by atoms with Gasteiger partial charge in [0.1, 0.15) is 11.9 Å². The Labute approximate surface area is 234 Å². The van der Waals surface area contributed by atoms with E-state index >= 15 is 0 Å². The van der Waals surface area contributed by atoms with Gasteiger partial charge in [0.15, 0.2) is 43.1 Å². The summed E-state index contributed by atoms with van der Waals surface area (Å²) in [7, 11) is 1.45. The topological polar surface area (TPSA) is 189 Å². The van der Waals surface area contributed by atoms with Gasteiger partial charge in [0.25, 0.3) is 0 Å². The molecule has 1 N–H and O–H groups in total. The third-order valence-corrected chi connectivity index (χ3v) is 5.89. The molecular formula is C26H32O15. The molecule has 2 aliphatic rings. The molecule has 0 aromatic heterocycles. The molecule has 0 amide bonds. The van der Waals surface area contributed by atoms with Crippen LogP contribution in [0.25, 0.3) is 0 Å². The molecule has 2 saturated heterocycles. The molecule has 1 aromatic rings. The van der Waals surface area contributed by atoms with E-state index in [-0.39, 0.29) is 18.8 Å². The highest BCUT2D eigenvalue weighted by Crippen LogP contribution is 2.30. The van der Waals surface area contributed by atoms with Crippen LogP contribution in [0.1, 0.15) is 38.1 Å². The van der Waals surface area contributed by atoms with E-state index in [4.69, 9.17) is 42.6 Å². The first kappa shape index (κ1) is 31.7. The van der Waals surface area contributed by atoms with Gasteiger partial charge >= 0.3 is 29.8 Å². The van der Waals surface area contributed by atoms with Crippen LogP contribution in [-0.2, 0) is 57.1 Å². The Balaban J connectivity index is 1.94. The van der Waals surface area contributed by atoms with Gasteiger partial charge in [-0.25, -0.2) is 4.79 Å². The summed E-state index contributed by atoms with van der Waals surface area (Å²) in [6.07, 6.45) is -11.3. The number of esters is 5. The molecule has 2 aliphatic heterocycles. The first-order valence-corrected chi connectivity index (χ1v) is 12.5. The van der Waals surface area contributed by atoms with Crippen LogP contribution in [-0.4, -0.2) is 104 Å². The van der Waals surface area contributed by atoms with Gasteiger partial charge in [0.05, 0.1) is 25.9 Å². The zero-order chi connectivity index (χ0) is 30.3. The summed E-state index contributed by atoms with van der Waals surface area (Å²) >= 11 is 0. The molecule has 226 valence electrons. The number of carbonyl (C=O) groups is 5. The summed E-state index contributed by atoms with van der Waals surface area (Å²) in [5.41, 5.74) is 0.0950. The summed E-state index contributed by atoms with van der Waals surface area (Å²) in [6.45, 7) is 3.70. The molecule has 15 nitrogen and oxygen atoms in total. The minimum atomic E-state index is -1.65. The molecule has 41 heavy (non-hydrogen) atoms. The molecule has 0 saturated carbocycles. The highest BCUT2D eigenvalue weighted by molar-refractivity contribution is 5.89. The van der Waals surface area contributed by atoms with Crippen molar-refractivity contribution >= 4 is 29.8 Å². The lowest BCUT2D eigenvalue weighted by Crippen LogP contribution is -2.62. The highest BCUT2D eigenvalue weighted by Gasteiger charge is 2.52. The van der Waals surface area contributed by atoms with Gasteiger partial charge < -0.3 is 47.7 Å². The fourth-order valence-electron chi connectivity index (χ4n) is 4.25. The lowest BCUT2D eigenvalue weighted by Gasteiger charge is -2.44. The van der Waals surface area contributed by atoms with Crippen molar-refractivity contribution in [3.05, 3.63) is 29.8 Å². The second-order valence-electron chi connectivity index (χ2n) is 9.07. The fourth-order valence-corrected chi connectivity index (χ4v) is 4.25. The van der Waals surface area contributed by atoms with E-state index in [2.05, 4.69) is 0 Å². The molecule has 0 aliphatic carbocycles. The van der Waals surface area contributed by atoms with Crippen molar-refractivity contribution in [2.24, 2.45) is 0 Å². The number of hydrogen-bond donors (Lipinski definition) is 1. The van der Waals surface area contributed by atoms with E-state index in [1.165, 1.54) is 31.4 Å². The molecule has 0 bridgehead atoms. The van der Waals surface area contributed by atoms with Crippen molar-refractivity contribution in [2.75, 3.05) is 20.3 Å². The molecule has 0 spiro atoms. The Morgan fingerprint density at radius 2 is 1.20 bits per heavy atom. The molecule has 15 heteroatoms. The van der Waals surface area contributed by atoms with Crippen molar-refractivity contribution < 1.29 is 71.7 Å². The first-order valence-electron chi connectivity index (χ1n) is 12.5. The molecular weight excluding hydrogens is 552 g/mol. The maximum Gasteiger partial charge on any atom is 0.338 e. The van der Waals surface area contributed by atoms with Crippen molar-refractivity contribution in [3.8, 4) is 5.75 Å². The van der Waals surface area contributed by atoms with Crippen LogP contribution in [0.15, 0.2) is 24.3 Å². The highest BCUT2D eigenvalue weighted by atomic mass is 16.7. The monoisotopic (exact) mass is 584 g/mol. The number of aliphatic hydroxyl groups excluding tert-OH is 1. The zero-order valence-corrected chi connectivity index (χ0v) is 23.0. The van der Waals surface area contributed by atoms with Gasteiger partial charge in [-0.3, -0.25) is 19.2 Å². The van der Waals surface area contributed by atoms with E-state index in [0.29, 0.717) is 5.75 Å². The van der Waals surface area contributed by atoms with Gasteiger partial charge in [-0.2, -0.15) is 0 Å². The number of benzene rings is 1. The van der Waals surface area contributed by atoms with Crippen LogP contribution in [0, 0.1) is 0 Å². The van der Waals surface area contributed by atoms with Crippen molar-refractivity contribution in [1.82, 2.24) is 0 Å². The first-order chi connectivity index (χ1) is 19.4. The van der Waals surface area contributed by atoms with E-state index in [9.17, 15) is 29.1 Å². The lowest BCUT2D eigenvalue weighted by atomic mass is 10.0. The Bertz CT molecular complexity index is 1100. The smallest absolute Gasteiger partial charge is 0.338 e. The summed E-state index contributed by atoms with van der Waals surface area (Å²) in [4.78, 5) is 60.4. The van der Waals surface area contributed by atoms with Crippen LogP contribution in [0.3, 0.4) is 0 Å². The molecule has 3 rings (SSSR count). The summed E-state index contributed by atoms with van der Waals surface area (Å²) < 4.78 is 48.8. The molecule has 1 aromatic carbocycles. The quantitative estimate of drug-likeness (QED) is 0.302. The lowest BCUT2D eigenvalue weighted by molar-refractivity contribution is -0.325. The molecule has 0 radical (unpaired) electrons. The minimum absolute atomic E-state index is 0.0950. The number of carbonyl (C=O) groups excluding carboxylic acids is 5. The van der Waals surface area contributed by atoms with Gasteiger partial charge in [0, 0.05) is 27.7 Å². The van der Waals surface area contributed by atoms with Crippen LogP contribution in [0.5, 0.6) is 5.75 Å². The maximum absolute atomic E-state index is 13.1. The number of ether oxygens (including phenoxy) is 9. The number of hydrogen-bond acceptors (Lipinski definition) is 15. The number of rotatable bonds is 9. The number of methoxy groups -OCH3 is 1. The molecule has 0 unspecified atom stereocenters. The second kappa shape index (κ2) is 14.2. The molecule has 2 fully saturated rings. The van der Waals surface area contributed by atoms with Gasteiger partial charge in [0.2, 0.25) is 0 Å². The summed E-state index contributed by atoms with van der Waals surface area (Å²) in [5.74, 6) is -3.47. The Morgan fingerprint density at radius 1 is 0.683 bits per heavy atom. The third-order valence-electron chi connectivity index (χ3n) is 5.89. The number of aliphatic hydroxyl groups is 1. The average Bonchev–Trinajstić information content (AvgIpc) is 2.89. The Kier molecular flexibility index (Phi) is 11.0. The van der Waals surface area contributed by atoms with Crippen LogP contribution >= 0.6 is 0 Å². The van der Waals surface area contributed by atoms with Crippen molar-refractivity contribution in [1.29, 1.82) is 0 Å². The largest absolute Gasteiger partial charge is 0.497 e. The Hall–Kier alpha value is -3.79. The van der Waals surface area contributed by atoms with E-state index < -0.39 is 79.1 Å². The minimum Gasteiger partial charge on any atom is -0.497 e. The van der Waals surface area contributed by atoms with E-state index in [0.717, 1.165) is 27.7 Å². The maximum atomic E-state index is 13.1. The summed E-state index contributed by atoms with van der Waals surface area (Å²) in [6, 6.07) is 5.91. The summed E-state index contributed by atoms with van der Waals surface area (Å²) in [5, 5.41) is 10.3. The standard InChI is InChI=1S/C26H32O15/c1-12(27)36-18-11-35-26(40-19-10-34-25(32)22(39-15(4)30)20(19)37-13(2)28)23(21(18)38-14(3)29)41-24(31)16-6-8-17(33-5)9-7-16/h6-9,18-23,25-26,32H,10-11H2,1-5H3/t18-,19+,20+,21+,22-,23-,25-,26+/m1/s1. The van der Waals surface area contributed by atoms with Crippen LogP contribution in [0.2, 0.25) is 0 Å². The predicted octanol–water partition coefficient (Wildman–Crippen LogP) is 0.0375. The van der Waals surface area contributed by atoms with Crippen molar-refractivity contribution in [3.63, 3.8) is 0 Å². The fraction of sp³-hybridized carbons (Fsp3) is 0.577. The van der Waals surface area contributed by atoms with E-state index in [1.54, 1.807) is 0 Å². The van der Waals surface area contributed by atoms with E-state index in [1.807, 2.05) is 0 Å². The third kappa shape index (κ3) is 8.60. The van der Waals surface area contributed by atoms with Gasteiger partial charge in [-0.1, -0.05) is 0 Å². The normalized spacial score (nSPS) is 29.4. The second-order valence-corrected chi connectivity index (χ2v) is 9.07. The van der Waals surface area contributed by atoms with Crippen LogP contribution < -0.4 is 4.74 Å². The van der Waals surface area contributed by atoms with Crippen molar-refractivity contribution in [2.45, 2.75) is 76.9 Å². The predicted molar refractivity (Wildman–Crippen MR) is 131 cm³/mol. The van der Waals surface area contributed by atoms with Crippen LogP contribution in [0.4, 0.5) is 0 Å². The SMILES string of the molecule is COc1ccc(C(=O)O[C@H]2[C@H](O[C@H]3CO[C@@H](O)[C@H](OC(C)=O)[C@H]3OC(C)=O)OC[C@@H](OC(C)=O)[C@@H]2OC(C)=O)cc1. The molecule has 8 atom stereocenters. The van der Waals surface area contributed by atoms with Gasteiger partial charge in [-0.15, -0.1) is 0 Å². The average molecular weight is 585 g/mol. The molecule has 2 heterocycles.